The minimum atomic E-state index is -0.238. The standard InChI is InChI=1S/C14H14ClN3O/c1-10(2)17-12-7-3-4-9-18(12)14(19)11-6-5-8-16-13(11)15/h3-10H,1-2H3. The second-order valence-electron chi connectivity index (χ2n) is 4.30. The summed E-state index contributed by atoms with van der Waals surface area (Å²) >= 11 is 5.95. The lowest BCUT2D eigenvalue weighted by atomic mass is 10.2. The quantitative estimate of drug-likeness (QED) is 0.791. The molecule has 5 heteroatoms. The average molecular weight is 276 g/mol. The summed E-state index contributed by atoms with van der Waals surface area (Å²) < 4.78 is 1.48. The summed E-state index contributed by atoms with van der Waals surface area (Å²) in [5, 5.41) is 0.194. The molecule has 2 rings (SSSR count). The van der Waals surface area contributed by atoms with Crippen LogP contribution in [0.5, 0.6) is 0 Å². The second-order valence-corrected chi connectivity index (χ2v) is 4.66. The first-order chi connectivity index (χ1) is 9.09. The first-order valence-electron chi connectivity index (χ1n) is 5.96. The van der Waals surface area contributed by atoms with Gasteiger partial charge in [-0.3, -0.25) is 14.4 Å². The largest absolute Gasteiger partial charge is 0.268 e. The predicted molar refractivity (Wildman–Crippen MR) is 74.1 cm³/mol. The van der Waals surface area contributed by atoms with Crippen molar-refractivity contribution in [2.45, 2.75) is 19.9 Å². The number of carbonyl (C=O) groups excluding carboxylic acids is 1. The van der Waals surface area contributed by atoms with Gasteiger partial charge in [0.25, 0.3) is 5.91 Å². The van der Waals surface area contributed by atoms with Crippen LogP contribution < -0.4 is 5.49 Å². The molecule has 2 heterocycles. The summed E-state index contributed by atoms with van der Waals surface area (Å²) in [6.45, 7) is 3.91. The SMILES string of the molecule is CC(C)N=c1ccccn1C(=O)c1cccnc1Cl. The van der Waals surface area contributed by atoms with E-state index in [9.17, 15) is 4.79 Å². The third kappa shape index (κ3) is 3.09. The van der Waals surface area contributed by atoms with Crippen LogP contribution in [0.15, 0.2) is 47.7 Å². The van der Waals surface area contributed by atoms with Crippen LogP contribution in [0, 0.1) is 0 Å². The number of aromatic nitrogens is 2. The number of hydrogen-bond acceptors (Lipinski definition) is 3. The molecule has 0 spiro atoms. The Morgan fingerprint density at radius 1 is 1.32 bits per heavy atom. The maximum absolute atomic E-state index is 12.4. The zero-order valence-electron chi connectivity index (χ0n) is 10.7. The Labute approximate surface area is 116 Å². The van der Waals surface area contributed by atoms with E-state index in [-0.39, 0.29) is 17.1 Å². The monoisotopic (exact) mass is 275 g/mol. The highest BCUT2D eigenvalue weighted by Crippen LogP contribution is 2.12. The van der Waals surface area contributed by atoms with Gasteiger partial charge in [-0.05, 0) is 38.1 Å². The number of rotatable bonds is 2. The van der Waals surface area contributed by atoms with E-state index >= 15 is 0 Å². The van der Waals surface area contributed by atoms with E-state index in [1.807, 2.05) is 19.9 Å². The van der Waals surface area contributed by atoms with E-state index in [0.717, 1.165) is 0 Å². The van der Waals surface area contributed by atoms with Crippen LogP contribution in [0.2, 0.25) is 5.15 Å². The maximum Gasteiger partial charge on any atom is 0.266 e. The van der Waals surface area contributed by atoms with Crippen molar-refractivity contribution in [3.05, 3.63) is 58.9 Å². The van der Waals surface area contributed by atoms with Crippen LogP contribution in [-0.4, -0.2) is 21.5 Å². The first kappa shape index (κ1) is 13.5. The molecule has 0 radical (unpaired) electrons. The molecule has 0 bridgehead atoms. The predicted octanol–water partition coefficient (Wildman–Crippen LogP) is 2.53. The van der Waals surface area contributed by atoms with Gasteiger partial charge in [0.2, 0.25) is 0 Å². The summed E-state index contributed by atoms with van der Waals surface area (Å²) in [5.74, 6) is -0.238. The zero-order valence-corrected chi connectivity index (χ0v) is 11.5. The molecule has 0 N–H and O–H groups in total. The van der Waals surface area contributed by atoms with Crippen LogP contribution in [0.25, 0.3) is 0 Å². The molecule has 0 saturated carbocycles. The number of nitrogens with zero attached hydrogens (tertiary/aromatic N) is 3. The molecular formula is C14H14ClN3O. The minimum absolute atomic E-state index is 0.103. The van der Waals surface area contributed by atoms with Crippen LogP contribution >= 0.6 is 11.6 Å². The van der Waals surface area contributed by atoms with Crippen molar-refractivity contribution in [1.82, 2.24) is 9.55 Å². The molecule has 0 atom stereocenters. The molecule has 0 aliphatic heterocycles. The lowest BCUT2D eigenvalue weighted by Crippen LogP contribution is -2.28. The lowest BCUT2D eigenvalue weighted by Gasteiger charge is -2.07. The van der Waals surface area contributed by atoms with Crippen molar-refractivity contribution < 1.29 is 4.79 Å². The molecule has 0 unspecified atom stereocenters. The first-order valence-corrected chi connectivity index (χ1v) is 6.34. The third-order valence-electron chi connectivity index (χ3n) is 2.44. The highest BCUT2D eigenvalue weighted by Gasteiger charge is 2.13. The van der Waals surface area contributed by atoms with Gasteiger partial charge in [0, 0.05) is 18.4 Å². The molecule has 0 fully saturated rings. The van der Waals surface area contributed by atoms with Gasteiger partial charge in [-0.15, -0.1) is 0 Å². The van der Waals surface area contributed by atoms with Gasteiger partial charge in [0.1, 0.15) is 10.6 Å². The summed E-state index contributed by atoms with van der Waals surface area (Å²) in [4.78, 5) is 20.8. The number of carbonyl (C=O) groups is 1. The van der Waals surface area contributed by atoms with Gasteiger partial charge in [0.05, 0.1) is 5.56 Å². The fourth-order valence-corrected chi connectivity index (χ4v) is 1.85. The van der Waals surface area contributed by atoms with E-state index in [4.69, 9.17) is 11.6 Å². The minimum Gasteiger partial charge on any atom is -0.268 e. The topological polar surface area (TPSA) is 47.2 Å². The molecule has 2 aromatic rings. The molecular weight excluding hydrogens is 262 g/mol. The molecule has 4 nitrogen and oxygen atoms in total. The van der Waals surface area contributed by atoms with E-state index in [1.165, 1.54) is 4.57 Å². The molecule has 2 aromatic heterocycles. The Balaban J connectivity index is 2.55. The molecule has 0 saturated heterocycles. The summed E-state index contributed by atoms with van der Waals surface area (Å²) in [6.07, 6.45) is 3.22. The Hall–Kier alpha value is -1.94. The second kappa shape index (κ2) is 5.80. The van der Waals surface area contributed by atoms with E-state index in [1.54, 1.807) is 36.7 Å². The maximum atomic E-state index is 12.4. The lowest BCUT2D eigenvalue weighted by molar-refractivity contribution is 0.0954. The van der Waals surface area contributed by atoms with E-state index < -0.39 is 0 Å². The van der Waals surface area contributed by atoms with Crippen molar-refractivity contribution in [3.8, 4) is 0 Å². The van der Waals surface area contributed by atoms with E-state index in [0.29, 0.717) is 11.1 Å². The summed E-state index contributed by atoms with van der Waals surface area (Å²) in [7, 11) is 0. The van der Waals surface area contributed by atoms with Gasteiger partial charge in [-0.25, -0.2) is 4.98 Å². The highest BCUT2D eigenvalue weighted by atomic mass is 35.5. The Morgan fingerprint density at radius 3 is 2.79 bits per heavy atom. The molecule has 0 amide bonds. The van der Waals surface area contributed by atoms with Gasteiger partial charge in [-0.2, -0.15) is 0 Å². The van der Waals surface area contributed by atoms with Crippen molar-refractivity contribution in [1.29, 1.82) is 0 Å². The van der Waals surface area contributed by atoms with Crippen LogP contribution in [-0.2, 0) is 0 Å². The van der Waals surface area contributed by atoms with Crippen LogP contribution in [0.4, 0.5) is 0 Å². The fourth-order valence-electron chi connectivity index (χ4n) is 1.65. The normalized spacial score (nSPS) is 11.9. The van der Waals surface area contributed by atoms with Crippen molar-refractivity contribution in [2.75, 3.05) is 0 Å². The van der Waals surface area contributed by atoms with Crippen LogP contribution in [0.1, 0.15) is 24.2 Å². The molecule has 98 valence electrons. The third-order valence-corrected chi connectivity index (χ3v) is 2.74. The average Bonchev–Trinajstić information content (AvgIpc) is 2.38. The van der Waals surface area contributed by atoms with Crippen molar-refractivity contribution in [3.63, 3.8) is 0 Å². The smallest absolute Gasteiger partial charge is 0.266 e. The number of pyridine rings is 2. The van der Waals surface area contributed by atoms with Crippen LogP contribution in [0.3, 0.4) is 0 Å². The van der Waals surface area contributed by atoms with Crippen molar-refractivity contribution >= 4 is 17.5 Å². The Kier molecular flexibility index (Phi) is 4.12. The van der Waals surface area contributed by atoms with Gasteiger partial charge in [0.15, 0.2) is 0 Å². The van der Waals surface area contributed by atoms with Gasteiger partial charge in [-0.1, -0.05) is 17.7 Å². The van der Waals surface area contributed by atoms with Crippen molar-refractivity contribution in [2.24, 2.45) is 4.99 Å². The summed E-state index contributed by atoms with van der Waals surface area (Å²) in [5.41, 5.74) is 0.961. The molecule has 0 aromatic carbocycles. The Morgan fingerprint density at radius 2 is 2.11 bits per heavy atom. The van der Waals surface area contributed by atoms with Gasteiger partial charge >= 0.3 is 0 Å². The van der Waals surface area contributed by atoms with Gasteiger partial charge < -0.3 is 0 Å². The molecule has 0 aliphatic carbocycles. The number of hydrogen-bond donors (Lipinski definition) is 0. The van der Waals surface area contributed by atoms with E-state index in [2.05, 4.69) is 9.98 Å². The zero-order chi connectivity index (χ0) is 13.8. The Bertz CT molecular complexity index is 661. The molecule has 0 aliphatic rings. The number of halogens is 1. The fraction of sp³-hybridized carbons (Fsp3) is 0.214. The highest BCUT2D eigenvalue weighted by molar-refractivity contribution is 6.32. The molecule has 19 heavy (non-hydrogen) atoms. The summed E-state index contributed by atoms with van der Waals surface area (Å²) in [6, 6.07) is 8.85.